The maximum Gasteiger partial charge on any atom is 0.421 e. The highest BCUT2D eigenvalue weighted by Gasteiger charge is 2.50. The van der Waals surface area contributed by atoms with E-state index in [9.17, 15) is 26.7 Å². The Bertz CT molecular complexity index is 1330. The number of aryl methyl sites for hydroxylation is 1. The number of nitrogens with one attached hydrogen (secondary N) is 2. The predicted octanol–water partition coefficient (Wildman–Crippen LogP) is 4.45. The van der Waals surface area contributed by atoms with Gasteiger partial charge in [-0.05, 0) is 95.1 Å². The van der Waals surface area contributed by atoms with Gasteiger partial charge in [0.2, 0.25) is 5.95 Å². The molecule has 0 radical (unpaired) electrons. The number of rotatable bonds is 6. The number of sulfone groups is 1. The molecule has 3 heterocycles. The summed E-state index contributed by atoms with van der Waals surface area (Å²) in [7, 11) is -3.48. The first kappa shape index (κ1) is 28.1. The highest BCUT2D eigenvalue weighted by molar-refractivity contribution is 7.92. The molecule has 1 spiro atoms. The first-order valence-corrected chi connectivity index (χ1v) is 15.0. The van der Waals surface area contributed by atoms with Crippen LogP contribution in [0.15, 0.2) is 29.3 Å². The SMILES string of the molecule is Cc1cc(S(=O)(=O)C2CC3(CCNCC3)C2)ccc1Nc1ncc(C(F)(F)F)c(N2CC[C@H](C(C)(C)O)C2)n1. The minimum absolute atomic E-state index is 0.0183. The molecule has 8 nitrogen and oxygen atoms in total. The Kier molecular flexibility index (Phi) is 7.12. The van der Waals surface area contributed by atoms with Gasteiger partial charge in [-0.2, -0.15) is 18.2 Å². The second-order valence-corrected chi connectivity index (χ2v) is 14.2. The molecule has 2 aromatic rings. The molecular weight excluding hydrogens is 531 g/mol. The average molecular weight is 568 g/mol. The van der Waals surface area contributed by atoms with Crippen molar-refractivity contribution in [3.63, 3.8) is 0 Å². The molecule has 3 aliphatic rings. The zero-order chi connectivity index (χ0) is 28.2. The van der Waals surface area contributed by atoms with Gasteiger partial charge >= 0.3 is 6.18 Å². The van der Waals surface area contributed by atoms with Gasteiger partial charge in [0.25, 0.3) is 0 Å². The molecule has 12 heteroatoms. The van der Waals surface area contributed by atoms with E-state index in [2.05, 4.69) is 20.6 Å². The van der Waals surface area contributed by atoms with Crippen LogP contribution in [0.2, 0.25) is 0 Å². The summed E-state index contributed by atoms with van der Waals surface area (Å²) >= 11 is 0. The summed E-state index contributed by atoms with van der Waals surface area (Å²) in [5.41, 5.74) is -0.679. The van der Waals surface area contributed by atoms with E-state index in [1.54, 1.807) is 32.9 Å². The van der Waals surface area contributed by atoms with Crippen LogP contribution in [0.25, 0.3) is 0 Å². The van der Waals surface area contributed by atoms with Gasteiger partial charge in [-0.15, -0.1) is 0 Å². The van der Waals surface area contributed by atoms with Gasteiger partial charge in [-0.25, -0.2) is 13.4 Å². The van der Waals surface area contributed by atoms with E-state index < -0.39 is 27.2 Å². The number of alkyl halides is 3. The van der Waals surface area contributed by atoms with Gasteiger partial charge in [0, 0.05) is 30.9 Å². The van der Waals surface area contributed by atoms with Crippen LogP contribution in [0.1, 0.15) is 57.1 Å². The number of hydrogen-bond donors (Lipinski definition) is 3. The minimum Gasteiger partial charge on any atom is -0.390 e. The number of anilines is 3. The van der Waals surface area contributed by atoms with Gasteiger partial charge in [-0.3, -0.25) is 0 Å². The number of hydrogen-bond acceptors (Lipinski definition) is 8. The van der Waals surface area contributed by atoms with E-state index in [0.29, 0.717) is 37.1 Å². The van der Waals surface area contributed by atoms with Crippen molar-refractivity contribution in [2.75, 3.05) is 36.4 Å². The second-order valence-electron chi connectivity index (χ2n) is 11.9. The summed E-state index contributed by atoms with van der Waals surface area (Å²) in [5, 5.41) is 16.3. The van der Waals surface area contributed by atoms with Crippen LogP contribution >= 0.6 is 0 Å². The van der Waals surface area contributed by atoms with Crippen molar-refractivity contribution in [2.24, 2.45) is 11.3 Å². The monoisotopic (exact) mass is 567 g/mol. The topological polar surface area (TPSA) is 107 Å². The smallest absolute Gasteiger partial charge is 0.390 e. The molecule has 3 fully saturated rings. The van der Waals surface area contributed by atoms with Gasteiger partial charge in [0.05, 0.1) is 15.7 Å². The lowest BCUT2D eigenvalue weighted by atomic mass is 9.63. The molecule has 2 aliphatic heterocycles. The van der Waals surface area contributed by atoms with Crippen LogP contribution in [-0.4, -0.2) is 60.5 Å². The van der Waals surface area contributed by atoms with Crippen molar-refractivity contribution < 1.29 is 26.7 Å². The van der Waals surface area contributed by atoms with Crippen molar-refractivity contribution in [3.8, 4) is 0 Å². The molecule has 39 heavy (non-hydrogen) atoms. The van der Waals surface area contributed by atoms with Crippen molar-refractivity contribution in [2.45, 2.75) is 74.8 Å². The molecule has 1 aromatic heterocycles. The number of aromatic nitrogens is 2. The van der Waals surface area contributed by atoms with Crippen molar-refractivity contribution in [3.05, 3.63) is 35.5 Å². The third-order valence-electron chi connectivity index (χ3n) is 8.76. The second kappa shape index (κ2) is 9.88. The minimum atomic E-state index is -4.64. The Morgan fingerprint density at radius 2 is 1.87 bits per heavy atom. The van der Waals surface area contributed by atoms with Crippen LogP contribution in [0.3, 0.4) is 0 Å². The third-order valence-corrected chi connectivity index (χ3v) is 10.9. The summed E-state index contributed by atoms with van der Waals surface area (Å²) in [6, 6.07) is 4.75. The summed E-state index contributed by atoms with van der Waals surface area (Å²) in [5.74, 6) is -0.447. The lowest BCUT2D eigenvalue weighted by molar-refractivity contribution is -0.137. The van der Waals surface area contributed by atoms with Gasteiger partial charge in [0.1, 0.15) is 11.4 Å². The molecule has 1 saturated carbocycles. The van der Waals surface area contributed by atoms with E-state index in [0.717, 1.165) is 32.1 Å². The number of aliphatic hydroxyl groups is 1. The Balaban J connectivity index is 1.35. The van der Waals surface area contributed by atoms with Crippen LogP contribution in [0.5, 0.6) is 0 Å². The molecule has 1 aliphatic carbocycles. The summed E-state index contributed by atoms with van der Waals surface area (Å²) in [6.07, 6.45) is 0.0513. The van der Waals surface area contributed by atoms with E-state index in [1.807, 2.05) is 0 Å². The van der Waals surface area contributed by atoms with Crippen molar-refractivity contribution >= 4 is 27.3 Å². The van der Waals surface area contributed by atoms with E-state index in [1.165, 1.54) is 11.0 Å². The third kappa shape index (κ3) is 5.60. The van der Waals surface area contributed by atoms with Gasteiger partial charge in [-0.1, -0.05) is 0 Å². The Morgan fingerprint density at radius 1 is 1.18 bits per heavy atom. The molecule has 2 saturated heterocycles. The lowest BCUT2D eigenvalue weighted by Crippen LogP contribution is -2.50. The molecule has 5 rings (SSSR count). The Labute approximate surface area is 227 Å². The molecule has 3 N–H and O–H groups in total. The normalized spacial score (nSPS) is 22.2. The Hall–Kier alpha value is -2.44. The maximum atomic E-state index is 13.8. The molecule has 1 atom stereocenters. The molecule has 214 valence electrons. The summed E-state index contributed by atoms with van der Waals surface area (Å²) < 4.78 is 68.0. The lowest BCUT2D eigenvalue weighted by Gasteiger charge is -2.49. The molecular formula is C27H36F3N5O3S. The van der Waals surface area contributed by atoms with Crippen LogP contribution in [-0.2, 0) is 16.0 Å². The summed E-state index contributed by atoms with van der Waals surface area (Å²) in [4.78, 5) is 9.92. The van der Waals surface area contributed by atoms with Gasteiger partial charge < -0.3 is 20.6 Å². The number of halogens is 3. The fourth-order valence-electron chi connectivity index (χ4n) is 6.16. The molecule has 0 amide bonds. The first-order chi connectivity index (χ1) is 18.2. The number of benzene rings is 1. The number of piperidine rings is 1. The van der Waals surface area contributed by atoms with E-state index in [4.69, 9.17) is 0 Å². The summed E-state index contributed by atoms with van der Waals surface area (Å²) in [6.45, 7) is 7.49. The standard InChI is InChI=1S/C27H36F3N5O3S/c1-17-12-19(39(37,38)20-13-26(14-20)7-9-31-10-8-26)4-5-22(17)33-24-32-15-21(27(28,29)30)23(34-24)35-11-6-18(16-35)25(2,3)36/h4-5,12,15,18,20,31,36H,6-11,13-14,16H2,1-3H3,(H,32,33,34)/t18-/m0/s1. The fourth-order valence-corrected chi connectivity index (χ4v) is 8.29. The fraction of sp³-hybridized carbons (Fsp3) is 0.630. The Morgan fingerprint density at radius 3 is 2.46 bits per heavy atom. The zero-order valence-corrected chi connectivity index (χ0v) is 23.3. The zero-order valence-electron chi connectivity index (χ0n) is 22.5. The largest absolute Gasteiger partial charge is 0.421 e. The van der Waals surface area contributed by atoms with Gasteiger partial charge in [0.15, 0.2) is 9.84 Å². The first-order valence-electron chi connectivity index (χ1n) is 13.4. The molecule has 0 bridgehead atoms. The molecule has 1 aromatic carbocycles. The van der Waals surface area contributed by atoms with Crippen LogP contribution in [0, 0.1) is 18.3 Å². The highest BCUT2D eigenvalue weighted by atomic mass is 32.2. The quantitative estimate of drug-likeness (QED) is 0.470. The maximum absolute atomic E-state index is 13.8. The molecule has 0 unspecified atom stereocenters. The highest BCUT2D eigenvalue weighted by Crippen LogP contribution is 2.51. The van der Waals surface area contributed by atoms with Crippen molar-refractivity contribution in [1.29, 1.82) is 0 Å². The average Bonchev–Trinajstić information content (AvgIpc) is 3.34. The van der Waals surface area contributed by atoms with E-state index in [-0.39, 0.29) is 39.8 Å². The van der Waals surface area contributed by atoms with Crippen LogP contribution < -0.4 is 15.5 Å². The van der Waals surface area contributed by atoms with Crippen LogP contribution in [0.4, 0.5) is 30.6 Å². The predicted molar refractivity (Wildman–Crippen MR) is 143 cm³/mol. The van der Waals surface area contributed by atoms with E-state index >= 15 is 0 Å². The van der Waals surface area contributed by atoms with Crippen molar-refractivity contribution in [1.82, 2.24) is 15.3 Å². The number of nitrogens with zero attached hydrogens (tertiary/aromatic N) is 3.